The topological polar surface area (TPSA) is 30.9 Å². The molecule has 0 atom stereocenters. The molecule has 0 aromatic rings. The molecular formula is C16H33IN4. The molecule has 21 heavy (non-hydrogen) atoms. The summed E-state index contributed by atoms with van der Waals surface area (Å²) in [5.74, 6) is 1.15. The summed E-state index contributed by atoms with van der Waals surface area (Å²) in [6.45, 7) is 7.61. The quantitative estimate of drug-likeness (QED) is 0.329. The molecule has 1 saturated carbocycles. The van der Waals surface area contributed by atoms with Crippen molar-refractivity contribution < 1.29 is 0 Å². The second-order valence-corrected chi connectivity index (χ2v) is 6.77. The van der Waals surface area contributed by atoms with Crippen LogP contribution in [0.2, 0.25) is 0 Å². The highest BCUT2D eigenvalue weighted by atomic mass is 127. The number of aliphatic imine (C=N–C) groups is 1. The zero-order valence-electron chi connectivity index (χ0n) is 14.0. The average molecular weight is 408 g/mol. The SMILES string of the molecule is CCNC(=NCCCN(C)C)N1CCC2(CCCC2)C1.I. The molecule has 0 amide bonds. The Bertz CT molecular complexity index is 324. The van der Waals surface area contributed by atoms with E-state index < -0.39 is 0 Å². The summed E-state index contributed by atoms with van der Waals surface area (Å²) in [5.41, 5.74) is 0.625. The predicted octanol–water partition coefficient (Wildman–Crippen LogP) is 2.79. The predicted molar refractivity (Wildman–Crippen MR) is 102 cm³/mol. The van der Waals surface area contributed by atoms with Crippen LogP contribution in [0, 0.1) is 5.41 Å². The van der Waals surface area contributed by atoms with Gasteiger partial charge in [-0.25, -0.2) is 0 Å². The third kappa shape index (κ3) is 5.58. The Balaban J connectivity index is 0.00000220. The van der Waals surface area contributed by atoms with Crippen molar-refractivity contribution in [3.05, 3.63) is 0 Å². The molecule has 1 spiro atoms. The van der Waals surface area contributed by atoms with E-state index in [9.17, 15) is 0 Å². The van der Waals surface area contributed by atoms with Gasteiger partial charge < -0.3 is 15.1 Å². The summed E-state index contributed by atoms with van der Waals surface area (Å²) in [5, 5.41) is 3.48. The van der Waals surface area contributed by atoms with E-state index in [0.717, 1.165) is 32.0 Å². The summed E-state index contributed by atoms with van der Waals surface area (Å²) in [4.78, 5) is 9.56. The Morgan fingerprint density at radius 3 is 2.57 bits per heavy atom. The maximum Gasteiger partial charge on any atom is 0.193 e. The Morgan fingerprint density at radius 1 is 1.24 bits per heavy atom. The van der Waals surface area contributed by atoms with Crippen LogP contribution in [0.1, 0.15) is 45.4 Å². The van der Waals surface area contributed by atoms with Crippen LogP contribution >= 0.6 is 24.0 Å². The summed E-state index contributed by atoms with van der Waals surface area (Å²) in [6, 6.07) is 0. The summed E-state index contributed by atoms with van der Waals surface area (Å²) in [7, 11) is 4.25. The standard InChI is InChI=1S/C16H32N4.HI/c1-4-17-15(18-11-7-12-19(2)3)20-13-10-16(14-20)8-5-6-9-16;/h4-14H2,1-3H3,(H,17,18);1H. The van der Waals surface area contributed by atoms with Gasteiger partial charge in [0.25, 0.3) is 0 Å². The molecule has 2 fully saturated rings. The van der Waals surface area contributed by atoms with Gasteiger partial charge in [-0.2, -0.15) is 0 Å². The Labute approximate surface area is 147 Å². The second kappa shape index (κ2) is 9.18. The number of rotatable bonds is 5. The number of halogens is 1. The van der Waals surface area contributed by atoms with Crippen LogP contribution in [0.5, 0.6) is 0 Å². The third-order valence-corrected chi connectivity index (χ3v) is 4.76. The van der Waals surface area contributed by atoms with Gasteiger partial charge in [-0.1, -0.05) is 12.8 Å². The molecule has 124 valence electrons. The molecule has 5 heteroatoms. The fourth-order valence-electron chi connectivity index (χ4n) is 3.65. The fourth-order valence-corrected chi connectivity index (χ4v) is 3.65. The first-order valence-corrected chi connectivity index (χ1v) is 8.33. The fraction of sp³-hybridized carbons (Fsp3) is 0.938. The van der Waals surface area contributed by atoms with Crippen LogP contribution in [0.3, 0.4) is 0 Å². The Kier molecular flexibility index (Phi) is 8.31. The minimum Gasteiger partial charge on any atom is -0.357 e. The largest absolute Gasteiger partial charge is 0.357 e. The molecule has 1 saturated heterocycles. The van der Waals surface area contributed by atoms with E-state index in [0.29, 0.717) is 5.41 Å². The molecule has 0 aromatic heterocycles. The van der Waals surface area contributed by atoms with E-state index >= 15 is 0 Å². The van der Waals surface area contributed by atoms with Crippen molar-refractivity contribution in [1.82, 2.24) is 15.1 Å². The molecule has 4 nitrogen and oxygen atoms in total. The average Bonchev–Trinajstić information content (AvgIpc) is 3.04. The third-order valence-electron chi connectivity index (χ3n) is 4.76. The van der Waals surface area contributed by atoms with Gasteiger partial charge in [0.05, 0.1) is 0 Å². The van der Waals surface area contributed by atoms with E-state index in [2.05, 4.69) is 36.1 Å². The maximum absolute atomic E-state index is 4.83. The Morgan fingerprint density at radius 2 is 1.95 bits per heavy atom. The van der Waals surface area contributed by atoms with E-state index in [1.807, 2.05) is 0 Å². The molecule has 1 N–H and O–H groups in total. The lowest BCUT2D eigenvalue weighted by Crippen LogP contribution is -2.41. The lowest BCUT2D eigenvalue weighted by Gasteiger charge is -2.26. The molecule has 1 aliphatic heterocycles. The minimum absolute atomic E-state index is 0. The van der Waals surface area contributed by atoms with Crippen LogP contribution in [0.25, 0.3) is 0 Å². The normalized spacial score (nSPS) is 21.1. The lowest BCUT2D eigenvalue weighted by molar-refractivity contribution is 0.309. The van der Waals surface area contributed by atoms with Gasteiger partial charge in [0.2, 0.25) is 0 Å². The zero-order chi connectivity index (χ0) is 14.4. The molecule has 0 bridgehead atoms. The first-order chi connectivity index (χ1) is 9.65. The molecule has 0 radical (unpaired) electrons. The molecule has 1 heterocycles. The lowest BCUT2D eigenvalue weighted by atomic mass is 9.86. The van der Waals surface area contributed by atoms with Crippen molar-refractivity contribution in [2.75, 3.05) is 46.8 Å². The zero-order valence-corrected chi connectivity index (χ0v) is 16.4. The molecule has 2 aliphatic rings. The first-order valence-electron chi connectivity index (χ1n) is 8.33. The smallest absolute Gasteiger partial charge is 0.193 e. The Hall–Kier alpha value is -0.0400. The molecule has 0 unspecified atom stereocenters. The number of nitrogens with zero attached hydrogens (tertiary/aromatic N) is 3. The van der Waals surface area contributed by atoms with Gasteiger partial charge in [-0.05, 0) is 58.7 Å². The number of guanidine groups is 1. The monoisotopic (exact) mass is 408 g/mol. The van der Waals surface area contributed by atoms with Gasteiger partial charge in [0.15, 0.2) is 5.96 Å². The summed E-state index contributed by atoms with van der Waals surface area (Å²) >= 11 is 0. The summed E-state index contributed by atoms with van der Waals surface area (Å²) < 4.78 is 0. The maximum atomic E-state index is 4.83. The summed E-state index contributed by atoms with van der Waals surface area (Å²) in [6.07, 6.45) is 8.25. The van der Waals surface area contributed by atoms with Crippen molar-refractivity contribution in [1.29, 1.82) is 0 Å². The number of hydrogen-bond donors (Lipinski definition) is 1. The highest BCUT2D eigenvalue weighted by molar-refractivity contribution is 14.0. The van der Waals surface area contributed by atoms with E-state index in [1.54, 1.807) is 0 Å². The number of nitrogens with one attached hydrogen (secondary N) is 1. The number of likely N-dealkylation sites (tertiary alicyclic amines) is 1. The second-order valence-electron chi connectivity index (χ2n) is 6.77. The van der Waals surface area contributed by atoms with Crippen LogP contribution < -0.4 is 5.32 Å². The van der Waals surface area contributed by atoms with Gasteiger partial charge >= 0.3 is 0 Å². The molecule has 1 aliphatic carbocycles. The molecule has 0 aromatic carbocycles. The van der Waals surface area contributed by atoms with Crippen LogP contribution in [-0.4, -0.2) is 62.6 Å². The van der Waals surface area contributed by atoms with Gasteiger partial charge in [0.1, 0.15) is 0 Å². The van der Waals surface area contributed by atoms with E-state index in [1.165, 1.54) is 45.2 Å². The van der Waals surface area contributed by atoms with Gasteiger partial charge in [0, 0.05) is 26.2 Å². The minimum atomic E-state index is 0. The van der Waals surface area contributed by atoms with Gasteiger partial charge in [-0.15, -0.1) is 24.0 Å². The number of hydrogen-bond acceptors (Lipinski definition) is 2. The van der Waals surface area contributed by atoms with Crippen molar-refractivity contribution in [3.63, 3.8) is 0 Å². The molecular weight excluding hydrogens is 375 g/mol. The van der Waals surface area contributed by atoms with Gasteiger partial charge in [-0.3, -0.25) is 4.99 Å². The molecule has 2 rings (SSSR count). The van der Waals surface area contributed by atoms with E-state index in [-0.39, 0.29) is 24.0 Å². The van der Waals surface area contributed by atoms with Crippen LogP contribution in [0.15, 0.2) is 4.99 Å². The van der Waals surface area contributed by atoms with Crippen molar-refractivity contribution in [2.24, 2.45) is 10.4 Å². The highest BCUT2D eigenvalue weighted by Crippen LogP contribution is 2.45. The van der Waals surface area contributed by atoms with E-state index in [4.69, 9.17) is 4.99 Å². The van der Waals surface area contributed by atoms with Crippen molar-refractivity contribution in [2.45, 2.75) is 45.4 Å². The van der Waals surface area contributed by atoms with Crippen LogP contribution in [0.4, 0.5) is 0 Å². The first kappa shape index (κ1) is 19.0. The van der Waals surface area contributed by atoms with Crippen molar-refractivity contribution in [3.8, 4) is 0 Å². The highest BCUT2D eigenvalue weighted by Gasteiger charge is 2.40. The van der Waals surface area contributed by atoms with Crippen LogP contribution in [-0.2, 0) is 0 Å². The van der Waals surface area contributed by atoms with Crippen molar-refractivity contribution >= 4 is 29.9 Å².